The molecule has 0 aliphatic carbocycles. The highest BCUT2D eigenvalue weighted by molar-refractivity contribution is 5.97. The van der Waals surface area contributed by atoms with Crippen LogP contribution in [0.4, 0.5) is 10.5 Å². The summed E-state index contributed by atoms with van der Waals surface area (Å²) in [6, 6.07) is 12.7. The van der Waals surface area contributed by atoms with Crippen molar-refractivity contribution < 1.29 is 14.3 Å². The van der Waals surface area contributed by atoms with Crippen LogP contribution in [0.3, 0.4) is 0 Å². The largest absolute Gasteiger partial charge is 0.444 e. The van der Waals surface area contributed by atoms with Gasteiger partial charge in [0.15, 0.2) is 0 Å². The summed E-state index contributed by atoms with van der Waals surface area (Å²) < 4.78 is 7.32. The zero-order chi connectivity index (χ0) is 26.2. The fourth-order valence-corrected chi connectivity index (χ4v) is 4.72. The summed E-state index contributed by atoms with van der Waals surface area (Å²) in [6.07, 6.45) is 5.69. The Morgan fingerprint density at radius 1 is 1.11 bits per heavy atom. The van der Waals surface area contributed by atoms with E-state index < -0.39 is 11.7 Å². The number of fused-ring (bicyclic) bond motifs is 2. The molecule has 1 atom stereocenters. The van der Waals surface area contributed by atoms with Crippen LogP contribution in [0.2, 0.25) is 0 Å². The number of aromatic nitrogens is 3. The van der Waals surface area contributed by atoms with E-state index in [2.05, 4.69) is 61.7 Å². The molecule has 37 heavy (non-hydrogen) atoms. The lowest BCUT2D eigenvalue weighted by Gasteiger charge is -2.21. The van der Waals surface area contributed by atoms with Crippen molar-refractivity contribution in [3.05, 3.63) is 55.0 Å². The van der Waals surface area contributed by atoms with Gasteiger partial charge in [-0.25, -0.2) is 4.79 Å². The van der Waals surface area contributed by atoms with Crippen LogP contribution in [0.5, 0.6) is 0 Å². The molecule has 4 aromatic rings. The molecule has 9 nitrogen and oxygen atoms in total. The molecular weight excluding hydrogens is 468 g/mol. The van der Waals surface area contributed by atoms with Crippen LogP contribution in [0, 0.1) is 0 Å². The summed E-state index contributed by atoms with van der Waals surface area (Å²) in [6.45, 7) is 6.45. The number of nitrogens with one attached hydrogen (secondary N) is 2. The molecule has 2 N–H and O–H groups in total. The van der Waals surface area contributed by atoms with E-state index in [0.29, 0.717) is 13.1 Å². The van der Waals surface area contributed by atoms with Gasteiger partial charge in [-0.05, 0) is 62.4 Å². The van der Waals surface area contributed by atoms with Crippen molar-refractivity contribution >= 4 is 39.6 Å². The molecule has 0 saturated carbocycles. The maximum Gasteiger partial charge on any atom is 0.408 e. The van der Waals surface area contributed by atoms with E-state index in [1.807, 2.05) is 13.1 Å². The fraction of sp³-hybridized carbons (Fsp3) is 0.357. The van der Waals surface area contributed by atoms with E-state index in [1.54, 1.807) is 38.1 Å². The molecule has 9 heteroatoms. The van der Waals surface area contributed by atoms with Crippen LogP contribution in [-0.4, -0.2) is 62.7 Å². The molecule has 2 aromatic heterocycles. The zero-order valence-corrected chi connectivity index (χ0v) is 21.6. The van der Waals surface area contributed by atoms with Gasteiger partial charge in [-0.3, -0.25) is 14.8 Å². The van der Waals surface area contributed by atoms with Crippen LogP contribution in [0.15, 0.2) is 55.0 Å². The Kier molecular flexibility index (Phi) is 6.45. The Morgan fingerprint density at radius 3 is 2.73 bits per heavy atom. The minimum Gasteiger partial charge on any atom is -0.444 e. The predicted octanol–water partition coefficient (Wildman–Crippen LogP) is 4.33. The number of ether oxygens (including phenoxy) is 1. The first-order valence-corrected chi connectivity index (χ1v) is 12.5. The first-order valence-electron chi connectivity index (χ1n) is 12.5. The molecule has 0 radical (unpaired) electrons. The average molecular weight is 501 g/mol. The van der Waals surface area contributed by atoms with E-state index in [0.717, 1.165) is 39.8 Å². The monoisotopic (exact) mass is 500 g/mol. The van der Waals surface area contributed by atoms with E-state index in [-0.39, 0.29) is 18.5 Å². The molecular formula is C28H32N6O3. The number of carbonyl (C=O) groups is 2. The van der Waals surface area contributed by atoms with Gasteiger partial charge < -0.3 is 24.8 Å². The van der Waals surface area contributed by atoms with Crippen molar-refractivity contribution in [2.75, 3.05) is 25.0 Å². The molecule has 192 valence electrons. The Morgan fingerprint density at radius 2 is 1.92 bits per heavy atom. The quantitative estimate of drug-likeness (QED) is 0.423. The highest BCUT2D eigenvalue weighted by atomic mass is 16.6. The third kappa shape index (κ3) is 5.50. The van der Waals surface area contributed by atoms with E-state index >= 15 is 0 Å². The normalized spacial score (nSPS) is 15.8. The van der Waals surface area contributed by atoms with Crippen LogP contribution in [0.1, 0.15) is 27.2 Å². The molecule has 1 aliphatic rings. The third-order valence-electron chi connectivity index (χ3n) is 6.47. The van der Waals surface area contributed by atoms with Crippen LogP contribution < -0.4 is 10.6 Å². The number of alkyl carbamates (subject to hydrolysis) is 1. The zero-order valence-electron chi connectivity index (χ0n) is 21.6. The van der Waals surface area contributed by atoms with E-state index in [1.165, 1.54) is 5.39 Å². The fourth-order valence-electron chi connectivity index (χ4n) is 4.72. The van der Waals surface area contributed by atoms with Crippen LogP contribution in [-0.2, 0) is 16.6 Å². The number of nitrogens with zero attached hydrogens (tertiary/aromatic N) is 4. The van der Waals surface area contributed by atoms with E-state index in [4.69, 9.17) is 4.74 Å². The second-order valence-electron chi connectivity index (χ2n) is 10.5. The Bertz CT molecular complexity index is 1470. The molecule has 1 aliphatic heterocycles. The van der Waals surface area contributed by atoms with Crippen molar-refractivity contribution in [3.8, 4) is 11.1 Å². The highest BCUT2D eigenvalue weighted by Crippen LogP contribution is 2.32. The molecule has 1 fully saturated rings. The molecule has 0 spiro atoms. The van der Waals surface area contributed by atoms with Gasteiger partial charge in [-0.1, -0.05) is 12.1 Å². The number of rotatable bonds is 5. The van der Waals surface area contributed by atoms with Gasteiger partial charge >= 0.3 is 6.09 Å². The van der Waals surface area contributed by atoms with Gasteiger partial charge in [0.2, 0.25) is 5.91 Å². The summed E-state index contributed by atoms with van der Waals surface area (Å²) in [4.78, 5) is 35.5. The van der Waals surface area contributed by atoms with Crippen LogP contribution >= 0.6 is 0 Å². The van der Waals surface area contributed by atoms with Gasteiger partial charge in [0.1, 0.15) is 12.1 Å². The number of carbonyl (C=O) groups excluding carboxylic acids is 2. The third-order valence-corrected chi connectivity index (χ3v) is 6.47. The number of hydrogen-bond donors (Lipinski definition) is 2. The summed E-state index contributed by atoms with van der Waals surface area (Å²) in [7, 11) is 2.04. The summed E-state index contributed by atoms with van der Waals surface area (Å²) in [5, 5.41) is 7.33. The average Bonchev–Trinajstić information content (AvgIpc) is 3.47. The Hall–Kier alpha value is -4.14. The smallest absolute Gasteiger partial charge is 0.408 e. The van der Waals surface area contributed by atoms with E-state index in [9.17, 15) is 9.59 Å². The van der Waals surface area contributed by atoms with Crippen molar-refractivity contribution in [1.29, 1.82) is 0 Å². The van der Waals surface area contributed by atoms with Gasteiger partial charge in [0.25, 0.3) is 0 Å². The number of hydrogen-bond acceptors (Lipinski definition) is 6. The van der Waals surface area contributed by atoms with Gasteiger partial charge in [0, 0.05) is 61.5 Å². The first kappa shape index (κ1) is 24.5. The number of amides is 2. The van der Waals surface area contributed by atoms with Crippen molar-refractivity contribution in [3.63, 3.8) is 0 Å². The lowest BCUT2D eigenvalue weighted by Crippen LogP contribution is -2.41. The molecule has 3 heterocycles. The number of aryl methyl sites for hydroxylation is 1. The molecule has 2 amide bonds. The maximum absolute atomic E-state index is 12.6. The second-order valence-corrected chi connectivity index (χ2v) is 10.5. The minimum atomic E-state index is -0.606. The summed E-state index contributed by atoms with van der Waals surface area (Å²) in [5.74, 6) is -0.129. The molecule has 5 rings (SSSR count). The molecule has 1 unspecified atom stereocenters. The summed E-state index contributed by atoms with van der Waals surface area (Å²) in [5.41, 5.74) is 5.20. The first-order chi connectivity index (χ1) is 17.7. The van der Waals surface area contributed by atoms with Gasteiger partial charge in [-0.15, -0.1) is 0 Å². The highest BCUT2D eigenvalue weighted by Gasteiger charge is 2.27. The molecule has 0 bridgehead atoms. The summed E-state index contributed by atoms with van der Waals surface area (Å²) >= 11 is 0. The second kappa shape index (κ2) is 9.72. The lowest BCUT2D eigenvalue weighted by molar-refractivity contribution is -0.129. The SMILES string of the molecule is Cn1ccc2ccc(-c3cc(NC4CCN(C(=O)CNC(=O)OC(C)(C)C)C4)cc4nccnc34)cc21. The Balaban J connectivity index is 1.31. The minimum absolute atomic E-state index is 0.0843. The standard InChI is InChI=1S/C28H32N6O3/c1-28(2,3)37-27(36)31-16-25(35)34-12-8-20(17-34)32-21-14-22(26-23(15-21)29-9-10-30-26)19-6-5-18-7-11-33(4)24(18)13-19/h5-7,9-11,13-15,20,32H,8,12,16-17H2,1-4H3,(H,31,36). The van der Waals surface area contributed by atoms with Crippen LogP contribution in [0.25, 0.3) is 33.1 Å². The predicted molar refractivity (Wildman–Crippen MR) is 144 cm³/mol. The lowest BCUT2D eigenvalue weighted by atomic mass is 10.0. The van der Waals surface area contributed by atoms with Gasteiger partial charge in [-0.2, -0.15) is 0 Å². The van der Waals surface area contributed by atoms with Crippen molar-refractivity contribution in [1.82, 2.24) is 24.8 Å². The number of anilines is 1. The number of likely N-dealkylation sites (tertiary alicyclic amines) is 1. The molecule has 2 aromatic carbocycles. The van der Waals surface area contributed by atoms with Crippen molar-refractivity contribution in [2.24, 2.45) is 7.05 Å². The molecule has 1 saturated heterocycles. The maximum atomic E-state index is 12.6. The van der Waals surface area contributed by atoms with Gasteiger partial charge in [0.05, 0.1) is 11.0 Å². The Labute approximate surface area is 215 Å². The number of benzene rings is 2. The topological polar surface area (TPSA) is 101 Å². The van der Waals surface area contributed by atoms with Crippen molar-refractivity contribution in [2.45, 2.75) is 38.8 Å².